The van der Waals surface area contributed by atoms with Crippen LogP contribution in [0, 0.1) is 0 Å². The number of hydrogen-bond acceptors (Lipinski definition) is 9. The van der Waals surface area contributed by atoms with Gasteiger partial charge in [0.25, 0.3) is 5.91 Å². The largest absolute Gasteiger partial charge is 0.493 e. The zero-order chi connectivity index (χ0) is 25.2. The highest BCUT2D eigenvalue weighted by molar-refractivity contribution is 7.13. The lowest BCUT2D eigenvalue weighted by Gasteiger charge is -2.29. The number of anilines is 2. The van der Waals surface area contributed by atoms with Gasteiger partial charge in [-0.1, -0.05) is 6.07 Å². The van der Waals surface area contributed by atoms with Crippen molar-refractivity contribution in [1.29, 1.82) is 0 Å². The van der Waals surface area contributed by atoms with Gasteiger partial charge in [-0.05, 0) is 48.2 Å². The van der Waals surface area contributed by atoms with E-state index in [9.17, 15) is 4.79 Å². The van der Waals surface area contributed by atoms with Crippen molar-refractivity contribution >= 4 is 28.9 Å². The summed E-state index contributed by atoms with van der Waals surface area (Å²) in [5.41, 5.74) is 2.40. The first-order valence-electron chi connectivity index (χ1n) is 11.0. The number of nitrogens with zero attached hydrogens (tertiary/aromatic N) is 4. The van der Waals surface area contributed by atoms with Crippen LogP contribution in [0.2, 0.25) is 0 Å². The Kier molecular flexibility index (Phi) is 6.30. The van der Waals surface area contributed by atoms with Crippen molar-refractivity contribution in [1.82, 2.24) is 19.7 Å². The molecule has 4 heterocycles. The van der Waals surface area contributed by atoms with E-state index >= 15 is 0 Å². The first kappa shape index (κ1) is 23.4. The fourth-order valence-corrected chi connectivity index (χ4v) is 4.81. The molecule has 11 heteroatoms. The number of amides is 1. The van der Waals surface area contributed by atoms with E-state index in [2.05, 4.69) is 15.6 Å². The second-order valence-electron chi connectivity index (χ2n) is 7.90. The van der Waals surface area contributed by atoms with Gasteiger partial charge in [-0.15, -0.1) is 16.4 Å². The minimum Gasteiger partial charge on any atom is -0.493 e. The number of hydrogen-bond donors (Lipinski definition) is 2. The monoisotopic (exact) mass is 504 g/mol. The maximum atomic E-state index is 13.7. The van der Waals surface area contributed by atoms with Crippen LogP contribution in [-0.2, 0) is 4.79 Å². The summed E-state index contributed by atoms with van der Waals surface area (Å²) in [6.45, 7) is 1.84. The van der Waals surface area contributed by atoms with Gasteiger partial charge in [-0.2, -0.15) is 4.98 Å². The summed E-state index contributed by atoms with van der Waals surface area (Å²) in [7, 11) is 4.65. The van der Waals surface area contributed by atoms with Crippen molar-refractivity contribution in [3.63, 3.8) is 0 Å². The fourth-order valence-electron chi connectivity index (χ4n) is 4.16. The van der Waals surface area contributed by atoms with Crippen LogP contribution in [0.5, 0.6) is 17.2 Å². The molecule has 36 heavy (non-hydrogen) atoms. The molecule has 1 amide bonds. The van der Waals surface area contributed by atoms with E-state index in [4.69, 9.17) is 24.3 Å². The molecule has 1 aliphatic heterocycles. The molecule has 3 aromatic heterocycles. The predicted molar refractivity (Wildman–Crippen MR) is 137 cm³/mol. The number of nitrogens with one attached hydrogen (secondary N) is 2. The van der Waals surface area contributed by atoms with Gasteiger partial charge in [-0.3, -0.25) is 9.78 Å². The van der Waals surface area contributed by atoms with E-state index in [-0.39, 0.29) is 5.91 Å². The Balaban J connectivity index is 1.67. The zero-order valence-electron chi connectivity index (χ0n) is 20.1. The molecule has 0 fully saturated rings. The third kappa shape index (κ3) is 4.13. The number of thiophene rings is 1. The first-order chi connectivity index (χ1) is 17.5. The molecule has 1 atom stereocenters. The van der Waals surface area contributed by atoms with Crippen molar-refractivity contribution < 1.29 is 19.0 Å². The molecule has 0 unspecified atom stereocenters. The molecule has 4 aromatic rings. The molecule has 10 nitrogen and oxygen atoms in total. The minimum absolute atomic E-state index is 0.300. The lowest BCUT2D eigenvalue weighted by Crippen LogP contribution is -2.31. The molecule has 1 aromatic carbocycles. The second-order valence-corrected chi connectivity index (χ2v) is 8.85. The Labute approximate surface area is 211 Å². The number of carbonyl (C=O) groups is 1. The maximum Gasteiger partial charge on any atom is 0.255 e. The van der Waals surface area contributed by atoms with E-state index in [0.717, 1.165) is 4.88 Å². The predicted octanol–water partition coefficient (Wildman–Crippen LogP) is 4.36. The van der Waals surface area contributed by atoms with E-state index in [0.29, 0.717) is 51.5 Å². The Morgan fingerprint density at radius 3 is 2.50 bits per heavy atom. The Bertz CT molecular complexity index is 1410. The number of ether oxygens (including phenoxy) is 3. The Hall–Kier alpha value is -4.38. The fraction of sp³-hybridized carbons (Fsp3) is 0.200. The molecule has 1 aliphatic rings. The first-order valence-corrected chi connectivity index (χ1v) is 11.9. The normalized spacial score (nSPS) is 14.6. The van der Waals surface area contributed by atoms with Gasteiger partial charge in [0.2, 0.25) is 11.7 Å². The van der Waals surface area contributed by atoms with Gasteiger partial charge in [0, 0.05) is 11.9 Å². The Morgan fingerprint density at radius 1 is 1.11 bits per heavy atom. The van der Waals surface area contributed by atoms with Crippen LogP contribution in [0.25, 0.3) is 10.7 Å². The van der Waals surface area contributed by atoms with Crippen molar-refractivity contribution in [2.45, 2.75) is 13.0 Å². The topological polar surface area (TPSA) is 112 Å². The number of rotatable bonds is 7. The van der Waals surface area contributed by atoms with E-state index in [1.807, 2.05) is 36.6 Å². The summed E-state index contributed by atoms with van der Waals surface area (Å²) >= 11 is 1.54. The van der Waals surface area contributed by atoms with Gasteiger partial charge in [0.1, 0.15) is 6.04 Å². The zero-order valence-corrected chi connectivity index (χ0v) is 20.9. The standard InChI is InChI=1S/C25H24N6O4S/c1-14-20(24(32)28-16-7-5-9-26-13-16)21(15-11-17(33-2)22(35-4)18(12-15)34-3)31-25(27-14)29-23(30-31)19-8-6-10-36-19/h5-13,21H,1-4H3,(H,28,32)(H,27,29,30)/t21-/m1/s1. The average Bonchev–Trinajstić information content (AvgIpc) is 3.57. The van der Waals surface area contributed by atoms with Gasteiger partial charge < -0.3 is 24.8 Å². The van der Waals surface area contributed by atoms with Crippen LogP contribution in [0.15, 0.2) is 65.4 Å². The highest BCUT2D eigenvalue weighted by Gasteiger charge is 2.36. The number of benzene rings is 1. The number of aromatic nitrogens is 4. The summed E-state index contributed by atoms with van der Waals surface area (Å²) in [5, 5.41) is 12.9. The summed E-state index contributed by atoms with van der Waals surface area (Å²) in [5.74, 6) is 2.17. The molecule has 5 rings (SSSR count). The summed E-state index contributed by atoms with van der Waals surface area (Å²) in [4.78, 5) is 23.4. The number of pyridine rings is 1. The molecular weight excluding hydrogens is 480 g/mol. The summed E-state index contributed by atoms with van der Waals surface area (Å²) < 4.78 is 18.4. The molecule has 0 saturated carbocycles. The Morgan fingerprint density at radius 2 is 1.89 bits per heavy atom. The molecule has 0 spiro atoms. The van der Waals surface area contributed by atoms with Crippen LogP contribution >= 0.6 is 11.3 Å². The van der Waals surface area contributed by atoms with Crippen LogP contribution in [-0.4, -0.2) is 47.0 Å². The SMILES string of the molecule is COc1cc([C@@H]2C(C(=O)Nc3cccnc3)=C(C)Nc3nc(-c4cccs4)nn32)cc(OC)c1OC. The summed E-state index contributed by atoms with van der Waals surface area (Å²) in [6.07, 6.45) is 3.24. The number of carbonyl (C=O) groups excluding carboxylic acids is 1. The van der Waals surface area contributed by atoms with Crippen molar-refractivity contribution in [2.24, 2.45) is 0 Å². The lowest BCUT2D eigenvalue weighted by molar-refractivity contribution is -0.113. The highest BCUT2D eigenvalue weighted by Crippen LogP contribution is 2.44. The van der Waals surface area contributed by atoms with E-state index < -0.39 is 6.04 Å². The van der Waals surface area contributed by atoms with Gasteiger partial charge in [0.15, 0.2) is 17.3 Å². The highest BCUT2D eigenvalue weighted by atomic mass is 32.1. The molecular formula is C25H24N6O4S. The smallest absolute Gasteiger partial charge is 0.255 e. The summed E-state index contributed by atoms with van der Waals surface area (Å²) in [6, 6.07) is 10.4. The molecule has 0 saturated heterocycles. The number of allylic oxidation sites excluding steroid dienone is 1. The third-order valence-electron chi connectivity index (χ3n) is 5.76. The van der Waals surface area contributed by atoms with E-state index in [1.54, 1.807) is 61.9 Å². The van der Waals surface area contributed by atoms with Crippen molar-refractivity contribution in [3.8, 4) is 28.0 Å². The number of fused-ring (bicyclic) bond motifs is 1. The van der Waals surface area contributed by atoms with Crippen LogP contribution in [0.3, 0.4) is 0 Å². The van der Waals surface area contributed by atoms with Crippen molar-refractivity contribution in [3.05, 3.63) is 71.0 Å². The molecule has 2 N–H and O–H groups in total. The molecule has 0 aliphatic carbocycles. The second kappa shape index (κ2) is 9.70. The van der Waals surface area contributed by atoms with Gasteiger partial charge in [-0.25, -0.2) is 4.68 Å². The van der Waals surface area contributed by atoms with Gasteiger partial charge in [0.05, 0.1) is 43.7 Å². The van der Waals surface area contributed by atoms with Crippen LogP contribution in [0.4, 0.5) is 11.6 Å². The number of methoxy groups -OCH3 is 3. The van der Waals surface area contributed by atoms with Gasteiger partial charge >= 0.3 is 0 Å². The maximum absolute atomic E-state index is 13.7. The lowest BCUT2D eigenvalue weighted by atomic mass is 9.94. The van der Waals surface area contributed by atoms with Crippen LogP contribution in [0.1, 0.15) is 18.5 Å². The molecule has 0 bridgehead atoms. The van der Waals surface area contributed by atoms with Crippen molar-refractivity contribution in [2.75, 3.05) is 32.0 Å². The van der Waals surface area contributed by atoms with Crippen LogP contribution < -0.4 is 24.8 Å². The van der Waals surface area contributed by atoms with E-state index in [1.165, 1.54) is 0 Å². The average molecular weight is 505 g/mol. The quantitative estimate of drug-likeness (QED) is 0.382. The third-order valence-corrected chi connectivity index (χ3v) is 6.63. The molecule has 0 radical (unpaired) electrons. The molecule has 184 valence electrons. The minimum atomic E-state index is -0.632.